The molecule has 0 saturated heterocycles. The van der Waals surface area contributed by atoms with Crippen LogP contribution >= 0.6 is 0 Å². The van der Waals surface area contributed by atoms with Gasteiger partial charge in [0.2, 0.25) is 0 Å². The van der Waals surface area contributed by atoms with Crippen LogP contribution in [-0.2, 0) is 15.3 Å². The van der Waals surface area contributed by atoms with Crippen molar-refractivity contribution in [3.63, 3.8) is 0 Å². The number of nitrogens with zero attached hydrogens (tertiary/aromatic N) is 2. The smallest absolute Gasteiger partial charge is 0.115 e. The molecule has 0 aliphatic carbocycles. The molecule has 4 heteroatoms. The summed E-state index contributed by atoms with van der Waals surface area (Å²) in [7, 11) is 0. The maximum absolute atomic E-state index is 5.38. The minimum Gasteiger partial charge on any atom is -0.245 e. The zero-order valence-electron chi connectivity index (χ0n) is 4.02. The van der Waals surface area contributed by atoms with Gasteiger partial charge in [-0.3, -0.25) is 0 Å². The summed E-state index contributed by atoms with van der Waals surface area (Å²) in [5.74, 6) is 0. The quantitative estimate of drug-likeness (QED) is 0.560. The third-order valence-corrected chi connectivity index (χ3v) is 0.478. The number of hydrogen-bond acceptors (Lipinski definition) is 3. The predicted molar refractivity (Wildman–Crippen MR) is 24.8 cm³/mol. The van der Waals surface area contributed by atoms with Crippen molar-refractivity contribution in [2.45, 2.75) is 0 Å². The molecule has 1 aromatic rings. The van der Waals surface area contributed by atoms with E-state index in [2.05, 4.69) is 25.2 Å². The van der Waals surface area contributed by atoms with E-state index in [1.165, 1.54) is 6.33 Å². The summed E-state index contributed by atoms with van der Waals surface area (Å²) in [4.78, 5) is 7.35. The molecule has 0 bridgehead atoms. The van der Waals surface area contributed by atoms with Crippen LogP contribution < -0.4 is 0 Å². The Morgan fingerprint density at radius 1 is 1.12 bits per heavy atom. The van der Waals surface area contributed by atoms with Gasteiger partial charge in [0.25, 0.3) is 0 Å². The van der Waals surface area contributed by atoms with E-state index in [1.54, 1.807) is 18.5 Å². The maximum atomic E-state index is 5.38. The molecule has 1 N–H and O–H groups in total. The molecule has 8 heavy (non-hydrogen) atoms. The molecule has 46 valence electrons. The van der Waals surface area contributed by atoms with E-state index in [0.29, 0.717) is 0 Å². The zero-order chi connectivity index (χ0) is 6.24. The Labute approximate surface area is 55.1 Å². The Bertz CT molecular complexity index is 94.1. The molecule has 0 radical (unpaired) electrons. The van der Waals surface area contributed by atoms with Crippen LogP contribution in [0.3, 0.4) is 0 Å². The number of aromatic nitrogens is 2. The summed E-state index contributed by atoms with van der Waals surface area (Å²) < 4.78 is 5.38. The second kappa shape index (κ2) is 6.37. The van der Waals surface area contributed by atoms with Gasteiger partial charge >= 0.3 is 19.7 Å². The molecule has 1 heterocycles. The molecule has 0 atom stereocenters. The summed E-state index contributed by atoms with van der Waals surface area (Å²) in [5, 5.41) is 0. The summed E-state index contributed by atoms with van der Waals surface area (Å²) in [5.41, 5.74) is 0. The SMILES string of the molecule is [NH]=[Ni].c1cncnc1. The van der Waals surface area contributed by atoms with Gasteiger partial charge in [-0.1, -0.05) is 0 Å². The summed E-state index contributed by atoms with van der Waals surface area (Å²) in [6.07, 6.45) is 4.88. The molecule has 0 aromatic carbocycles. The fourth-order valence-corrected chi connectivity index (χ4v) is 0.253. The zero-order valence-corrected chi connectivity index (χ0v) is 5.01. The fraction of sp³-hybridized carbons (Fsp3) is 0. The molecule has 1 aromatic heterocycles. The molecule has 0 aliphatic heterocycles. The Morgan fingerprint density at radius 3 is 1.75 bits per heavy atom. The minimum absolute atomic E-state index is 1.50. The van der Waals surface area contributed by atoms with Crippen molar-refractivity contribution in [1.29, 1.82) is 4.45 Å². The first-order valence-corrected chi connectivity index (χ1v) is 2.35. The molecule has 0 fully saturated rings. The van der Waals surface area contributed by atoms with Crippen LogP contribution in [0, 0.1) is 4.45 Å². The van der Waals surface area contributed by atoms with Gasteiger partial charge in [0, 0.05) is 12.4 Å². The Kier molecular flexibility index (Phi) is 5.87. The van der Waals surface area contributed by atoms with E-state index in [4.69, 9.17) is 4.45 Å². The second-order valence-corrected chi connectivity index (χ2v) is 0.904. The topological polar surface area (TPSA) is 49.6 Å². The van der Waals surface area contributed by atoms with E-state index in [0.717, 1.165) is 0 Å². The Balaban J connectivity index is 0.000000222. The van der Waals surface area contributed by atoms with Gasteiger partial charge in [-0.05, 0) is 6.07 Å². The van der Waals surface area contributed by atoms with Gasteiger partial charge in [-0.25, -0.2) is 9.97 Å². The van der Waals surface area contributed by atoms with Gasteiger partial charge in [0.15, 0.2) is 0 Å². The third-order valence-electron chi connectivity index (χ3n) is 0.478. The first-order chi connectivity index (χ1) is 4.00. The second-order valence-electron chi connectivity index (χ2n) is 0.904. The van der Waals surface area contributed by atoms with Crippen LogP contribution in [0.1, 0.15) is 0 Å². The van der Waals surface area contributed by atoms with Gasteiger partial charge in [0.1, 0.15) is 6.33 Å². The van der Waals surface area contributed by atoms with Crippen molar-refractivity contribution in [3.8, 4) is 0 Å². The van der Waals surface area contributed by atoms with E-state index in [9.17, 15) is 0 Å². The molecule has 0 spiro atoms. The van der Waals surface area contributed by atoms with E-state index in [1.807, 2.05) is 0 Å². The first kappa shape index (κ1) is 7.37. The maximum Gasteiger partial charge on any atom is 0.115 e. The van der Waals surface area contributed by atoms with Crippen molar-refractivity contribution >= 4 is 0 Å². The van der Waals surface area contributed by atoms with Crippen molar-refractivity contribution in [3.05, 3.63) is 24.8 Å². The number of hydrogen-bond donors (Lipinski definition) is 1. The van der Waals surface area contributed by atoms with Crippen LogP contribution in [-0.4, -0.2) is 9.97 Å². The fourth-order valence-electron chi connectivity index (χ4n) is 0.253. The van der Waals surface area contributed by atoms with Crippen LogP contribution in [0.4, 0.5) is 0 Å². The monoisotopic (exact) mass is 153 g/mol. The molecule has 0 unspecified atom stereocenters. The molecule has 1 rings (SSSR count). The summed E-state index contributed by atoms with van der Waals surface area (Å²) in [6, 6.07) is 1.78. The molecule has 0 saturated carbocycles. The van der Waals surface area contributed by atoms with Gasteiger partial charge in [0.05, 0.1) is 0 Å². The molecule has 0 amide bonds. The Morgan fingerprint density at radius 2 is 1.62 bits per heavy atom. The van der Waals surface area contributed by atoms with Gasteiger partial charge in [-0.15, -0.1) is 0 Å². The van der Waals surface area contributed by atoms with Crippen molar-refractivity contribution in [2.24, 2.45) is 0 Å². The number of rotatable bonds is 0. The molecule has 0 aliphatic rings. The average Bonchev–Trinajstić information content (AvgIpc) is 1.96. The largest absolute Gasteiger partial charge is 0.245 e. The van der Waals surface area contributed by atoms with Crippen molar-refractivity contribution in [2.75, 3.05) is 0 Å². The van der Waals surface area contributed by atoms with Crippen LogP contribution in [0.15, 0.2) is 24.8 Å². The third kappa shape index (κ3) is 3.56. The Hall–Kier alpha value is -0.626. The first-order valence-electron chi connectivity index (χ1n) is 1.86. The normalized spacial score (nSPS) is 6.75. The number of nitrogens with one attached hydrogen (secondary N) is 1. The predicted octanol–water partition coefficient (Wildman–Crippen LogP) is 0.772. The van der Waals surface area contributed by atoms with Crippen LogP contribution in [0.5, 0.6) is 0 Å². The average molecular weight is 154 g/mol. The van der Waals surface area contributed by atoms with E-state index in [-0.39, 0.29) is 0 Å². The van der Waals surface area contributed by atoms with Gasteiger partial charge < -0.3 is 0 Å². The standard InChI is InChI=1S/C4H4N2.HN.Ni/c1-2-5-4-6-3-1;;/h1-4H;1H;. The van der Waals surface area contributed by atoms with Crippen molar-refractivity contribution in [1.82, 2.24) is 9.97 Å². The van der Waals surface area contributed by atoms with E-state index < -0.39 is 0 Å². The summed E-state index contributed by atoms with van der Waals surface area (Å²) in [6.45, 7) is 0. The van der Waals surface area contributed by atoms with Gasteiger partial charge in [-0.2, -0.15) is 0 Å². The minimum atomic E-state index is 1.50. The van der Waals surface area contributed by atoms with Crippen LogP contribution in [0.2, 0.25) is 0 Å². The molecule has 3 nitrogen and oxygen atoms in total. The van der Waals surface area contributed by atoms with E-state index >= 15 is 0 Å². The molecular weight excluding hydrogens is 149 g/mol. The molecular formula is C4H5N3Ni. The summed E-state index contributed by atoms with van der Waals surface area (Å²) >= 11 is 3.12. The van der Waals surface area contributed by atoms with Crippen LogP contribution in [0.25, 0.3) is 0 Å². The van der Waals surface area contributed by atoms with Crippen molar-refractivity contribution < 1.29 is 15.3 Å².